The minimum absolute atomic E-state index is 0.714. The van der Waals surface area contributed by atoms with Gasteiger partial charge in [-0.15, -0.1) is 5.10 Å². The number of anilines is 1. The summed E-state index contributed by atoms with van der Waals surface area (Å²) < 4.78 is 1.79. The van der Waals surface area contributed by atoms with Crippen LogP contribution in [0.2, 0.25) is 0 Å². The molecule has 3 rings (SSSR count). The lowest BCUT2D eigenvalue weighted by atomic mass is 10.3. The molecule has 0 amide bonds. The Bertz CT molecular complexity index is 484. The van der Waals surface area contributed by atoms with Crippen LogP contribution in [0.15, 0.2) is 24.4 Å². The predicted octanol–water partition coefficient (Wildman–Crippen LogP) is 0.437. The van der Waals surface area contributed by atoms with E-state index in [9.17, 15) is 0 Å². The van der Waals surface area contributed by atoms with Gasteiger partial charge in [0.1, 0.15) is 0 Å². The molecule has 0 bridgehead atoms. The second-order valence-corrected chi connectivity index (χ2v) is 4.81. The van der Waals surface area contributed by atoms with Crippen LogP contribution in [0.4, 0.5) is 5.95 Å². The van der Waals surface area contributed by atoms with Crippen molar-refractivity contribution in [1.29, 1.82) is 0 Å². The third-order valence-corrected chi connectivity index (χ3v) is 3.39. The Labute approximate surface area is 112 Å². The molecule has 6 heteroatoms. The third-order valence-electron chi connectivity index (χ3n) is 3.39. The van der Waals surface area contributed by atoms with E-state index >= 15 is 0 Å². The van der Waals surface area contributed by atoms with Crippen LogP contribution in [-0.2, 0) is 0 Å². The fourth-order valence-corrected chi connectivity index (χ4v) is 2.34. The first-order chi connectivity index (χ1) is 9.42. The van der Waals surface area contributed by atoms with Crippen LogP contribution in [0.5, 0.6) is 0 Å². The topological polar surface area (TPSA) is 57.5 Å². The van der Waals surface area contributed by atoms with Crippen molar-refractivity contribution in [3.8, 4) is 0 Å². The van der Waals surface area contributed by atoms with Crippen LogP contribution in [0.3, 0.4) is 0 Å². The minimum Gasteiger partial charge on any atom is -0.353 e. The number of hydrogen-bond acceptors (Lipinski definition) is 5. The first-order valence-corrected chi connectivity index (χ1v) is 6.90. The molecule has 0 aliphatic carbocycles. The van der Waals surface area contributed by atoms with Gasteiger partial charge in [0.2, 0.25) is 5.95 Å². The van der Waals surface area contributed by atoms with Crippen molar-refractivity contribution in [2.24, 2.45) is 0 Å². The number of rotatable bonds is 5. The molecule has 1 aliphatic rings. The zero-order valence-corrected chi connectivity index (χ0v) is 11.0. The highest BCUT2D eigenvalue weighted by atomic mass is 15.3. The van der Waals surface area contributed by atoms with Crippen molar-refractivity contribution in [2.45, 2.75) is 6.42 Å². The number of nitrogens with zero attached hydrogens (tertiary/aromatic N) is 4. The van der Waals surface area contributed by atoms with E-state index in [0.29, 0.717) is 5.95 Å². The Morgan fingerprint density at radius 2 is 2.16 bits per heavy atom. The molecular weight excluding hydrogens is 240 g/mol. The molecule has 0 spiro atoms. The maximum Gasteiger partial charge on any atom is 0.243 e. The lowest BCUT2D eigenvalue weighted by Crippen LogP contribution is -2.44. The molecule has 1 saturated heterocycles. The van der Waals surface area contributed by atoms with Crippen molar-refractivity contribution in [1.82, 2.24) is 24.8 Å². The van der Waals surface area contributed by atoms with Gasteiger partial charge in [-0.3, -0.25) is 0 Å². The maximum absolute atomic E-state index is 4.41. The van der Waals surface area contributed by atoms with Gasteiger partial charge in [-0.05, 0) is 25.1 Å². The molecule has 2 N–H and O–H groups in total. The summed E-state index contributed by atoms with van der Waals surface area (Å²) in [5.74, 6) is 0.714. The Morgan fingerprint density at radius 3 is 3.00 bits per heavy atom. The molecule has 3 heterocycles. The van der Waals surface area contributed by atoms with Gasteiger partial charge in [0, 0.05) is 38.9 Å². The fourth-order valence-electron chi connectivity index (χ4n) is 2.34. The Balaban J connectivity index is 1.44. The SMILES string of the molecule is c1ccn2nc(NCCCN3CCNCC3)nc2c1. The van der Waals surface area contributed by atoms with Gasteiger partial charge in [-0.25, -0.2) is 4.52 Å². The van der Waals surface area contributed by atoms with Gasteiger partial charge in [0.15, 0.2) is 5.65 Å². The monoisotopic (exact) mass is 260 g/mol. The summed E-state index contributed by atoms with van der Waals surface area (Å²) in [6.45, 7) is 6.60. The molecule has 2 aromatic rings. The number of pyridine rings is 1. The molecule has 0 radical (unpaired) electrons. The van der Waals surface area contributed by atoms with E-state index in [-0.39, 0.29) is 0 Å². The van der Waals surface area contributed by atoms with Gasteiger partial charge in [-0.1, -0.05) is 6.07 Å². The van der Waals surface area contributed by atoms with Crippen molar-refractivity contribution in [3.63, 3.8) is 0 Å². The molecular formula is C13H20N6. The second kappa shape index (κ2) is 5.99. The van der Waals surface area contributed by atoms with E-state index in [1.165, 1.54) is 0 Å². The summed E-state index contributed by atoms with van der Waals surface area (Å²) in [7, 11) is 0. The summed E-state index contributed by atoms with van der Waals surface area (Å²) >= 11 is 0. The standard InChI is InChI=1S/C13H20N6/c1-2-9-19-12(4-1)16-13(17-19)15-5-3-8-18-10-6-14-7-11-18/h1-2,4,9,14H,3,5-8,10-11H2,(H,15,17). The zero-order chi connectivity index (χ0) is 12.9. The van der Waals surface area contributed by atoms with E-state index in [0.717, 1.165) is 51.3 Å². The molecule has 0 aromatic carbocycles. The lowest BCUT2D eigenvalue weighted by molar-refractivity contribution is 0.240. The highest BCUT2D eigenvalue weighted by Crippen LogP contribution is 2.04. The lowest BCUT2D eigenvalue weighted by Gasteiger charge is -2.26. The number of fused-ring (bicyclic) bond motifs is 1. The zero-order valence-electron chi connectivity index (χ0n) is 11.0. The van der Waals surface area contributed by atoms with Crippen LogP contribution in [-0.4, -0.2) is 58.8 Å². The molecule has 102 valence electrons. The smallest absolute Gasteiger partial charge is 0.243 e. The summed E-state index contributed by atoms with van der Waals surface area (Å²) in [6, 6.07) is 5.88. The number of piperazine rings is 1. The van der Waals surface area contributed by atoms with Crippen molar-refractivity contribution < 1.29 is 0 Å². The van der Waals surface area contributed by atoms with E-state index < -0.39 is 0 Å². The molecule has 0 unspecified atom stereocenters. The Kier molecular flexibility index (Phi) is 3.90. The van der Waals surface area contributed by atoms with Crippen LogP contribution in [0.25, 0.3) is 5.65 Å². The Hall–Kier alpha value is -1.66. The normalized spacial score (nSPS) is 16.8. The molecule has 6 nitrogen and oxygen atoms in total. The summed E-state index contributed by atoms with van der Waals surface area (Å²) in [5.41, 5.74) is 0.882. The number of hydrogen-bond donors (Lipinski definition) is 2. The highest BCUT2D eigenvalue weighted by Gasteiger charge is 2.08. The molecule has 0 atom stereocenters. The average molecular weight is 260 g/mol. The highest BCUT2D eigenvalue weighted by molar-refractivity contribution is 5.42. The Morgan fingerprint density at radius 1 is 1.26 bits per heavy atom. The second-order valence-electron chi connectivity index (χ2n) is 4.81. The van der Waals surface area contributed by atoms with E-state index in [1.807, 2.05) is 24.4 Å². The maximum atomic E-state index is 4.41. The van der Waals surface area contributed by atoms with E-state index in [2.05, 4.69) is 25.6 Å². The quantitative estimate of drug-likeness (QED) is 0.764. The molecule has 1 fully saturated rings. The van der Waals surface area contributed by atoms with Gasteiger partial charge >= 0.3 is 0 Å². The average Bonchev–Trinajstić information content (AvgIpc) is 2.87. The van der Waals surface area contributed by atoms with Gasteiger partial charge in [-0.2, -0.15) is 4.98 Å². The first-order valence-electron chi connectivity index (χ1n) is 6.90. The van der Waals surface area contributed by atoms with Crippen LogP contribution in [0.1, 0.15) is 6.42 Å². The summed E-state index contributed by atoms with van der Waals surface area (Å²) in [4.78, 5) is 6.91. The summed E-state index contributed by atoms with van der Waals surface area (Å²) in [5, 5.41) is 11.0. The van der Waals surface area contributed by atoms with Crippen LogP contribution in [0, 0.1) is 0 Å². The van der Waals surface area contributed by atoms with Crippen molar-refractivity contribution >= 4 is 11.6 Å². The number of nitrogens with one attached hydrogen (secondary N) is 2. The van der Waals surface area contributed by atoms with E-state index in [4.69, 9.17) is 0 Å². The van der Waals surface area contributed by atoms with Crippen molar-refractivity contribution in [2.75, 3.05) is 44.6 Å². The first kappa shape index (κ1) is 12.4. The van der Waals surface area contributed by atoms with Gasteiger partial charge < -0.3 is 15.5 Å². The predicted molar refractivity (Wildman–Crippen MR) is 75.4 cm³/mol. The molecule has 19 heavy (non-hydrogen) atoms. The fraction of sp³-hybridized carbons (Fsp3) is 0.538. The van der Waals surface area contributed by atoms with Gasteiger partial charge in [0.05, 0.1) is 0 Å². The van der Waals surface area contributed by atoms with Gasteiger partial charge in [0.25, 0.3) is 0 Å². The molecule has 2 aromatic heterocycles. The molecule has 1 aliphatic heterocycles. The van der Waals surface area contributed by atoms with Crippen LogP contribution >= 0.6 is 0 Å². The minimum atomic E-state index is 0.714. The largest absolute Gasteiger partial charge is 0.353 e. The van der Waals surface area contributed by atoms with Crippen LogP contribution < -0.4 is 10.6 Å². The summed E-state index contributed by atoms with van der Waals surface area (Å²) in [6.07, 6.45) is 3.03. The van der Waals surface area contributed by atoms with E-state index in [1.54, 1.807) is 4.52 Å². The number of aromatic nitrogens is 3. The van der Waals surface area contributed by atoms with Crippen molar-refractivity contribution in [3.05, 3.63) is 24.4 Å². The molecule has 0 saturated carbocycles. The third kappa shape index (κ3) is 3.21.